The van der Waals surface area contributed by atoms with Gasteiger partial charge < -0.3 is 15.5 Å². The third-order valence-corrected chi connectivity index (χ3v) is 6.38. The molecule has 1 spiro atoms. The second-order valence-electron chi connectivity index (χ2n) is 7.68. The van der Waals surface area contributed by atoms with Crippen LogP contribution < -0.4 is 10.6 Å². The van der Waals surface area contributed by atoms with E-state index in [9.17, 15) is 4.79 Å². The predicted octanol–water partition coefficient (Wildman–Crippen LogP) is 1.87. The van der Waals surface area contributed by atoms with Crippen LogP contribution in [-0.4, -0.2) is 53.3 Å². The second-order valence-corrected chi connectivity index (χ2v) is 7.68. The molecule has 1 atom stereocenters. The van der Waals surface area contributed by atoms with Crippen molar-refractivity contribution >= 4 is 11.7 Å². The number of piperidine rings is 2. The van der Waals surface area contributed by atoms with Crippen LogP contribution in [0, 0.1) is 11.3 Å². The Morgan fingerprint density at radius 1 is 1.38 bits per heavy atom. The Morgan fingerprint density at radius 2 is 2.12 bits per heavy atom. The highest BCUT2D eigenvalue weighted by atomic mass is 16.2. The van der Waals surface area contributed by atoms with E-state index in [1.165, 1.54) is 0 Å². The van der Waals surface area contributed by atoms with Crippen molar-refractivity contribution in [1.82, 2.24) is 20.0 Å². The number of carbonyl (C=O) groups excluding carboxylic acids is 1. The van der Waals surface area contributed by atoms with Crippen molar-refractivity contribution in [2.45, 2.75) is 45.1 Å². The van der Waals surface area contributed by atoms with Crippen molar-refractivity contribution in [3.8, 4) is 0 Å². The van der Waals surface area contributed by atoms with Crippen molar-refractivity contribution in [3.05, 3.63) is 12.3 Å². The zero-order valence-corrected chi connectivity index (χ0v) is 14.6. The van der Waals surface area contributed by atoms with E-state index in [4.69, 9.17) is 0 Å². The molecule has 6 nitrogen and oxygen atoms in total. The molecule has 1 aromatic rings. The molecule has 1 saturated carbocycles. The van der Waals surface area contributed by atoms with Gasteiger partial charge in [-0.05, 0) is 57.2 Å². The summed E-state index contributed by atoms with van der Waals surface area (Å²) in [7, 11) is 0. The van der Waals surface area contributed by atoms with E-state index in [0.717, 1.165) is 70.6 Å². The van der Waals surface area contributed by atoms with Crippen molar-refractivity contribution in [2.75, 3.05) is 38.0 Å². The first-order valence-electron chi connectivity index (χ1n) is 9.49. The lowest BCUT2D eigenvalue weighted by atomic mass is 9.92. The average Bonchev–Trinajstić information content (AvgIpc) is 3.11. The maximum absolute atomic E-state index is 12.7. The molecule has 6 heteroatoms. The molecule has 2 aliphatic heterocycles. The molecule has 1 aromatic heterocycles. The minimum absolute atomic E-state index is 0.199. The number of aromatic nitrogens is 2. The number of carbonyl (C=O) groups is 1. The van der Waals surface area contributed by atoms with Gasteiger partial charge in [0, 0.05) is 25.1 Å². The Hall–Kier alpha value is -1.40. The zero-order chi connectivity index (χ0) is 16.6. The molecule has 3 fully saturated rings. The van der Waals surface area contributed by atoms with E-state index in [1.54, 1.807) is 0 Å². The van der Waals surface area contributed by atoms with Crippen LogP contribution in [0.25, 0.3) is 0 Å². The fraction of sp³-hybridized carbons (Fsp3) is 0.778. The molecule has 1 unspecified atom stereocenters. The monoisotopic (exact) mass is 331 g/mol. The van der Waals surface area contributed by atoms with E-state index in [1.807, 2.05) is 16.9 Å². The van der Waals surface area contributed by atoms with Crippen molar-refractivity contribution < 1.29 is 4.79 Å². The first kappa shape index (κ1) is 16.1. The fourth-order valence-electron chi connectivity index (χ4n) is 4.59. The van der Waals surface area contributed by atoms with Crippen LogP contribution in [0.15, 0.2) is 12.3 Å². The summed E-state index contributed by atoms with van der Waals surface area (Å²) in [5.74, 6) is 1.28. The number of anilines is 1. The van der Waals surface area contributed by atoms with Crippen LogP contribution in [0.1, 0.15) is 45.1 Å². The Balaban J connectivity index is 1.38. The number of nitrogens with one attached hydrogen (secondary N) is 2. The maximum atomic E-state index is 12.7. The number of nitrogens with zero attached hydrogens (tertiary/aromatic N) is 3. The van der Waals surface area contributed by atoms with Crippen LogP contribution >= 0.6 is 0 Å². The van der Waals surface area contributed by atoms with Gasteiger partial charge in [-0.1, -0.05) is 6.92 Å². The molecule has 132 valence electrons. The lowest BCUT2D eigenvalue weighted by Crippen LogP contribution is -2.35. The largest absolute Gasteiger partial charge is 0.317 e. The summed E-state index contributed by atoms with van der Waals surface area (Å²) in [4.78, 5) is 15.2. The summed E-state index contributed by atoms with van der Waals surface area (Å²) in [5.41, 5.74) is 0.284. The molecule has 24 heavy (non-hydrogen) atoms. The smallest absolute Gasteiger partial charge is 0.229 e. The summed E-state index contributed by atoms with van der Waals surface area (Å²) in [6.45, 7) is 7.68. The SMILES string of the molecule is CCN1CCC(n2nccc2NC(=O)C2CC23CCNCC3)CC1. The quantitative estimate of drug-likeness (QED) is 0.884. The fourth-order valence-corrected chi connectivity index (χ4v) is 4.59. The highest BCUT2D eigenvalue weighted by molar-refractivity contribution is 5.94. The average molecular weight is 331 g/mol. The lowest BCUT2D eigenvalue weighted by molar-refractivity contribution is -0.118. The molecular formula is C18H29N5O. The van der Waals surface area contributed by atoms with Gasteiger partial charge in [0.15, 0.2) is 0 Å². The van der Waals surface area contributed by atoms with Gasteiger partial charge in [-0.25, -0.2) is 4.68 Å². The summed E-state index contributed by atoms with van der Waals surface area (Å²) < 4.78 is 2.04. The number of amides is 1. The minimum atomic E-state index is 0.199. The molecule has 1 aliphatic carbocycles. The number of likely N-dealkylation sites (tertiary alicyclic amines) is 1. The molecule has 2 saturated heterocycles. The van der Waals surface area contributed by atoms with Crippen LogP contribution in [0.3, 0.4) is 0 Å². The van der Waals surface area contributed by atoms with Crippen molar-refractivity contribution in [1.29, 1.82) is 0 Å². The molecule has 0 bridgehead atoms. The molecule has 2 N–H and O–H groups in total. The van der Waals surface area contributed by atoms with Gasteiger partial charge in [-0.2, -0.15) is 5.10 Å². The first-order chi connectivity index (χ1) is 11.7. The first-order valence-corrected chi connectivity index (χ1v) is 9.49. The Bertz CT molecular complexity index is 584. The summed E-state index contributed by atoms with van der Waals surface area (Å²) in [5, 5.41) is 11.1. The molecule has 0 radical (unpaired) electrons. The summed E-state index contributed by atoms with van der Waals surface area (Å²) in [6, 6.07) is 2.35. The molecule has 0 aromatic carbocycles. The lowest BCUT2D eigenvalue weighted by Gasteiger charge is -2.31. The van der Waals surface area contributed by atoms with E-state index < -0.39 is 0 Å². The third-order valence-electron chi connectivity index (χ3n) is 6.38. The van der Waals surface area contributed by atoms with Gasteiger partial charge in [0.1, 0.15) is 5.82 Å². The second kappa shape index (κ2) is 6.48. The van der Waals surface area contributed by atoms with Crippen molar-refractivity contribution in [2.24, 2.45) is 11.3 Å². The molecule has 4 rings (SSSR count). The van der Waals surface area contributed by atoms with Gasteiger partial charge in [0.2, 0.25) is 5.91 Å². The number of hydrogen-bond acceptors (Lipinski definition) is 4. The molecule has 1 amide bonds. The summed E-state index contributed by atoms with van der Waals surface area (Å²) in [6.07, 6.45) is 7.37. The molecule has 3 aliphatic rings. The highest BCUT2D eigenvalue weighted by Crippen LogP contribution is 2.58. The third kappa shape index (κ3) is 2.97. The standard InChI is InChI=1S/C18H29N5O/c1-2-22-11-4-14(5-12-22)23-16(3-8-20-23)21-17(24)15-13-18(15)6-9-19-10-7-18/h3,8,14-15,19H,2,4-7,9-13H2,1H3,(H,21,24). The van der Waals surface area contributed by atoms with Crippen LogP contribution in [0.2, 0.25) is 0 Å². The van der Waals surface area contributed by atoms with Gasteiger partial charge in [0.25, 0.3) is 0 Å². The van der Waals surface area contributed by atoms with Crippen molar-refractivity contribution in [3.63, 3.8) is 0 Å². The Morgan fingerprint density at radius 3 is 2.83 bits per heavy atom. The predicted molar refractivity (Wildman–Crippen MR) is 93.9 cm³/mol. The highest BCUT2D eigenvalue weighted by Gasteiger charge is 2.57. The normalized spacial score (nSPS) is 27.3. The topological polar surface area (TPSA) is 62.2 Å². The van der Waals surface area contributed by atoms with Crippen LogP contribution in [0.5, 0.6) is 0 Å². The Kier molecular flexibility index (Phi) is 4.35. The number of hydrogen-bond donors (Lipinski definition) is 2. The van der Waals surface area contributed by atoms with Gasteiger partial charge in [0.05, 0.1) is 12.2 Å². The minimum Gasteiger partial charge on any atom is -0.317 e. The van der Waals surface area contributed by atoms with E-state index in [2.05, 4.69) is 27.6 Å². The Labute approximate surface area is 144 Å². The van der Waals surface area contributed by atoms with Gasteiger partial charge in [-0.3, -0.25) is 4.79 Å². The van der Waals surface area contributed by atoms with E-state index in [0.29, 0.717) is 6.04 Å². The van der Waals surface area contributed by atoms with Crippen LogP contribution in [0.4, 0.5) is 5.82 Å². The van der Waals surface area contributed by atoms with Gasteiger partial charge in [-0.15, -0.1) is 0 Å². The van der Waals surface area contributed by atoms with E-state index in [-0.39, 0.29) is 17.2 Å². The zero-order valence-electron chi connectivity index (χ0n) is 14.6. The van der Waals surface area contributed by atoms with Gasteiger partial charge >= 0.3 is 0 Å². The molecular weight excluding hydrogens is 302 g/mol. The summed E-state index contributed by atoms with van der Waals surface area (Å²) >= 11 is 0. The van der Waals surface area contributed by atoms with Crippen LogP contribution in [-0.2, 0) is 4.79 Å². The maximum Gasteiger partial charge on any atom is 0.229 e. The molecule has 3 heterocycles. The number of rotatable bonds is 4. The van der Waals surface area contributed by atoms with E-state index >= 15 is 0 Å².